The molecule has 3 N–H and O–H groups in total. The average Bonchev–Trinajstić information content (AvgIpc) is 1.89. The van der Waals surface area contributed by atoms with E-state index in [1.165, 1.54) is 6.20 Å². The van der Waals surface area contributed by atoms with Crippen LogP contribution >= 0.6 is 12.0 Å². The molecule has 0 saturated carbocycles. The van der Waals surface area contributed by atoms with Gasteiger partial charge in [0.1, 0.15) is 0 Å². The van der Waals surface area contributed by atoms with Gasteiger partial charge in [-0.2, -0.15) is 0 Å². The predicted molar refractivity (Wildman–Crippen MR) is 37.1 cm³/mol. The highest BCUT2D eigenvalue weighted by molar-refractivity contribution is 7.94. The fourth-order valence-electron chi connectivity index (χ4n) is 0.467. The van der Waals surface area contributed by atoms with Crippen molar-refractivity contribution in [2.75, 3.05) is 5.73 Å². The number of anilines is 1. The largest absolute Gasteiger partial charge is 0.398 e. The summed E-state index contributed by atoms with van der Waals surface area (Å²) in [6.07, 6.45) is 3.09. The Hall–Kier alpha value is -0.740. The number of nitrogens with two attached hydrogens (primary N) is 1. The molecule has 1 aromatic heterocycles. The first-order valence-corrected chi connectivity index (χ1v) is 3.13. The van der Waals surface area contributed by atoms with E-state index in [4.69, 9.17) is 10.3 Å². The van der Waals surface area contributed by atoms with Crippen molar-refractivity contribution in [2.45, 2.75) is 4.90 Å². The zero-order chi connectivity index (χ0) is 6.69. The van der Waals surface area contributed by atoms with Crippen molar-refractivity contribution in [3.05, 3.63) is 18.5 Å². The molecule has 0 bridgehead atoms. The lowest BCUT2D eigenvalue weighted by Crippen LogP contribution is -1.87. The molecule has 0 fully saturated rings. The smallest absolute Gasteiger partial charge is 0.0763 e. The Morgan fingerprint density at radius 3 is 2.89 bits per heavy atom. The molecule has 1 heterocycles. The van der Waals surface area contributed by atoms with Crippen LogP contribution in [0.3, 0.4) is 0 Å². The molecule has 0 aromatic carbocycles. The minimum absolute atomic E-state index is 0.553. The van der Waals surface area contributed by atoms with Crippen LogP contribution in [0.25, 0.3) is 0 Å². The van der Waals surface area contributed by atoms with Crippen LogP contribution in [0.4, 0.5) is 5.69 Å². The Bertz CT molecular complexity index is 204. The molecule has 48 valence electrons. The summed E-state index contributed by atoms with van der Waals surface area (Å²) in [5.74, 6) is 0. The summed E-state index contributed by atoms with van der Waals surface area (Å²) in [5, 5.41) is 0. The van der Waals surface area contributed by atoms with Gasteiger partial charge in [0.25, 0.3) is 0 Å². The van der Waals surface area contributed by atoms with Gasteiger partial charge in [-0.1, -0.05) is 0 Å². The lowest BCUT2D eigenvalue weighted by molar-refractivity contribution is 0.664. The van der Waals surface area contributed by atoms with Crippen molar-refractivity contribution in [2.24, 2.45) is 0 Å². The van der Waals surface area contributed by atoms with Crippen LogP contribution in [0.1, 0.15) is 0 Å². The fourth-order valence-corrected chi connectivity index (χ4v) is 0.748. The van der Waals surface area contributed by atoms with Crippen LogP contribution in [-0.4, -0.2) is 9.54 Å². The number of nitrogen functional groups attached to an aromatic ring is 1. The Morgan fingerprint density at radius 2 is 2.44 bits per heavy atom. The summed E-state index contributed by atoms with van der Waals surface area (Å²) in [6.45, 7) is 0. The molecular weight excluding hydrogens is 136 g/mol. The summed E-state index contributed by atoms with van der Waals surface area (Å²) in [5.41, 5.74) is 5.96. The van der Waals surface area contributed by atoms with Crippen LogP contribution in [0.15, 0.2) is 23.4 Å². The molecule has 0 aliphatic heterocycles. The maximum absolute atomic E-state index is 8.52. The molecule has 0 saturated heterocycles. The van der Waals surface area contributed by atoms with Gasteiger partial charge in [-0.05, 0) is 6.07 Å². The van der Waals surface area contributed by atoms with Crippen LogP contribution < -0.4 is 5.73 Å². The molecule has 4 heteroatoms. The van der Waals surface area contributed by atoms with E-state index in [1.807, 2.05) is 0 Å². The second kappa shape index (κ2) is 2.70. The molecule has 1 rings (SSSR count). The minimum atomic E-state index is 0.553. The molecule has 0 aliphatic rings. The van der Waals surface area contributed by atoms with Gasteiger partial charge in [0.2, 0.25) is 0 Å². The summed E-state index contributed by atoms with van der Waals surface area (Å²) < 4.78 is 8.52. The Kier molecular flexibility index (Phi) is 1.92. The van der Waals surface area contributed by atoms with Gasteiger partial charge in [-0.15, -0.1) is 0 Å². The van der Waals surface area contributed by atoms with Crippen molar-refractivity contribution in [1.82, 2.24) is 4.98 Å². The third-order valence-electron chi connectivity index (χ3n) is 0.915. The summed E-state index contributed by atoms with van der Waals surface area (Å²) in [6, 6.07) is 1.64. The molecular formula is C5H6N2OS. The quantitative estimate of drug-likeness (QED) is 0.579. The third-order valence-corrected chi connectivity index (χ3v) is 1.45. The number of pyridine rings is 1. The average molecular weight is 142 g/mol. The highest BCUT2D eigenvalue weighted by Gasteiger charge is 1.94. The van der Waals surface area contributed by atoms with Gasteiger partial charge in [-0.3, -0.25) is 4.98 Å². The van der Waals surface area contributed by atoms with Crippen LogP contribution in [0, 0.1) is 0 Å². The van der Waals surface area contributed by atoms with Crippen LogP contribution in [0.5, 0.6) is 0 Å². The lowest BCUT2D eigenvalue weighted by Gasteiger charge is -1.95. The molecule has 9 heavy (non-hydrogen) atoms. The minimum Gasteiger partial charge on any atom is -0.398 e. The van der Waals surface area contributed by atoms with E-state index in [1.54, 1.807) is 12.3 Å². The topological polar surface area (TPSA) is 59.1 Å². The highest BCUT2D eigenvalue weighted by Crippen LogP contribution is 2.19. The maximum Gasteiger partial charge on any atom is 0.0763 e. The molecule has 0 amide bonds. The molecule has 1 aromatic rings. The van der Waals surface area contributed by atoms with Gasteiger partial charge in [0.05, 0.1) is 10.6 Å². The normalized spacial score (nSPS) is 9.44. The SMILES string of the molecule is Nc1ccncc1SO. The first kappa shape index (κ1) is 6.38. The van der Waals surface area contributed by atoms with Crippen LogP contribution in [-0.2, 0) is 0 Å². The van der Waals surface area contributed by atoms with Crippen molar-refractivity contribution in [3.8, 4) is 0 Å². The van der Waals surface area contributed by atoms with Gasteiger partial charge < -0.3 is 10.3 Å². The van der Waals surface area contributed by atoms with E-state index in [0.717, 1.165) is 0 Å². The second-order valence-corrected chi connectivity index (χ2v) is 2.13. The van der Waals surface area contributed by atoms with Crippen molar-refractivity contribution in [3.63, 3.8) is 0 Å². The van der Waals surface area contributed by atoms with Gasteiger partial charge in [-0.25, -0.2) is 0 Å². The Labute approximate surface area is 57.1 Å². The zero-order valence-corrected chi connectivity index (χ0v) is 5.43. The first-order chi connectivity index (χ1) is 4.34. The molecule has 0 unspecified atom stereocenters. The monoisotopic (exact) mass is 142 g/mol. The molecule has 0 aliphatic carbocycles. The molecule has 0 radical (unpaired) electrons. The van der Waals surface area contributed by atoms with Crippen molar-refractivity contribution >= 4 is 17.7 Å². The van der Waals surface area contributed by atoms with E-state index in [0.29, 0.717) is 22.6 Å². The van der Waals surface area contributed by atoms with Crippen LogP contribution in [0.2, 0.25) is 0 Å². The van der Waals surface area contributed by atoms with Crippen molar-refractivity contribution < 1.29 is 4.55 Å². The molecule has 3 nitrogen and oxygen atoms in total. The number of aromatic nitrogens is 1. The number of hydrogen-bond donors (Lipinski definition) is 2. The van der Waals surface area contributed by atoms with E-state index in [2.05, 4.69) is 4.98 Å². The van der Waals surface area contributed by atoms with Gasteiger partial charge >= 0.3 is 0 Å². The summed E-state index contributed by atoms with van der Waals surface area (Å²) in [4.78, 5) is 4.35. The Balaban J connectivity index is 3.01. The number of rotatable bonds is 1. The van der Waals surface area contributed by atoms with E-state index in [-0.39, 0.29) is 0 Å². The Morgan fingerprint density at radius 1 is 1.67 bits per heavy atom. The third kappa shape index (κ3) is 1.34. The summed E-state index contributed by atoms with van der Waals surface area (Å²) >= 11 is 0.608. The van der Waals surface area contributed by atoms with Crippen molar-refractivity contribution in [1.29, 1.82) is 0 Å². The van der Waals surface area contributed by atoms with E-state index in [9.17, 15) is 0 Å². The van der Waals surface area contributed by atoms with Gasteiger partial charge in [0.15, 0.2) is 0 Å². The highest BCUT2D eigenvalue weighted by atomic mass is 32.2. The van der Waals surface area contributed by atoms with Gasteiger partial charge in [0, 0.05) is 24.4 Å². The molecule has 0 spiro atoms. The number of hydrogen-bond acceptors (Lipinski definition) is 4. The predicted octanol–water partition coefficient (Wildman–Crippen LogP) is 1.23. The first-order valence-electron chi connectivity index (χ1n) is 2.35. The lowest BCUT2D eigenvalue weighted by atomic mass is 10.4. The molecule has 0 atom stereocenters. The second-order valence-electron chi connectivity index (χ2n) is 1.50. The van der Waals surface area contributed by atoms with E-state index < -0.39 is 0 Å². The maximum atomic E-state index is 8.52. The zero-order valence-electron chi connectivity index (χ0n) is 4.61. The number of nitrogens with zero attached hydrogens (tertiary/aromatic N) is 1. The fraction of sp³-hybridized carbons (Fsp3) is 0. The van der Waals surface area contributed by atoms with E-state index >= 15 is 0 Å². The summed E-state index contributed by atoms with van der Waals surface area (Å²) in [7, 11) is 0. The standard InChI is InChI=1S/C5H6N2OS/c6-4-1-2-7-3-5(4)9-8/h1-3,8H,(H2,6,7).